The first-order chi connectivity index (χ1) is 17.6. The highest BCUT2D eigenvalue weighted by Gasteiger charge is 2.19. The van der Waals surface area contributed by atoms with Gasteiger partial charge in [-0.1, -0.05) is 24.3 Å². The molecule has 0 radical (unpaired) electrons. The van der Waals surface area contributed by atoms with Crippen molar-refractivity contribution in [3.63, 3.8) is 0 Å². The van der Waals surface area contributed by atoms with Gasteiger partial charge in [0, 0.05) is 43.6 Å². The zero-order chi connectivity index (χ0) is 24.7. The van der Waals surface area contributed by atoms with Crippen molar-refractivity contribution in [3.05, 3.63) is 84.7 Å². The number of hydrogen-bond acceptors (Lipinski definition) is 9. The van der Waals surface area contributed by atoms with Crippen molar-refractivity contribution in [2.45, 2.75) is 6.54 Å². The van der Waals surface area contributed by atoms with E-state index in [0.29, 0.717) is 18.3 Å². The van der Waals surface area contributed by atoms with Crippen LogP contribution in [0.3, 0.4) is 0 Å². The van der Waals surface area contributed by atoms with E-state index in [0.717, 1.165) is 49.1 Å². The number of nitrogen functional groups attached to an aromatic ring is 1. The number of para-hydroxylation sites is 1. The largest absolute Gasteiger partial charge is 0.497 e. The number of nitrogens with zero attached hydrogens (tertiary/aromatic N) is 5. The Balaban J connectivity index is 1.18. The van der Waals surface area contributed by atoms with E-state index < -0.39 is 0 Å². The normalized spacial score (nSPS) is 13.9. The Labute approximate surface area is 210 Å². The predicted octanol–water partition coefficient (Wildman–Crippen LogP) is 4.32. The molecule has 1 aliphatic heterocycles. The lowest BCUT2D eigenvalue weighted by Crippen LogP contribution is -2.46. The van der Waals surface area contributed by atoms with Crippen LogP contribution in [0.5, 0.6) is 17.2 Å². The van der Waals surface area contributed by atoms with E-state index in [2.05, 4.69) is 42.2 Å². The number of ether oxygens (including phenoxy) is 2. The third-order valence-corrected chi connectivity index (χ3v) is 5.94. The minimum Gasteiger partial charge on any atom is -0.497 e. The molecule has 0 spiro atoms. The van der Waals surface area contributed by atoms with Crippen LogP contribution in [0.1, 0.15) is 5.82 Å². The second-order valence-corrected chi connectivity index (χ2v) is 8.46. The third-order valence-electron chi connectivity index (χ3n) is 5.94. The molecule has 9 heteroatoms. The summed E-state index contributed by atoms with van der Waals surface area (Å²) in [6, 6.07) is 25.4. The van der Waals surface area contributed by atoms with Gasteiger partial charge in [-0.15, -0.1) is 0 Å². The molecule has 1 saturated heterocycles. The van der Waals surface area contributed by atoms with Gasteiger partial charge in [-0.05, 0) is 48.5 Å². The number of nitrogens with one attached hydrogen (secondary N) is 1. The molecule has 3 aromatic carbocycles. The summed E-state index contributed by atoms with van der Waals surface area (Å²) in [6.45, 7) is 4.23. The van der Waals surface area contributed by atoms with E-state index in [1.807, 2.05) is 66.7 Å². The monoisotopic (exact) mass is 483 g/mol. The number of hydrogen-bond donors (Lipinski definition) is 2. The molecule has 3 N–H and O–H groups in total. The summed E-state index contributed by atoms with van der Waals surface area (Å²) in [4.78, 5) is 17.9. The molecule has 2 heterocycles. The number of methoxy groups -OCH3 is 1. The fourth-order valence-electron chi connectivity index (χ4n) is 4.10. The summed E-state index contributed by atoms with van der Waals surface area (Å²) in [6.07, 6.45) is 0. The average Bonchev–Trinajstić information content (AvgIpc) is 2.90. The molecule has 1 aromatic heterocycles. The summed E-state index contributed by atoms with van der Waals surface area (Å²) in [7, 11) is 1.69. The van der Waals surface area contributed by atoms with Crippen LogP contribution < -0.4 is 25.4 Å². The third kappa shape index (κ3) is 6.00. The molecule has 0 amide bonds. The Morgan fingerprint density at radius 1 is 0.806 bits per heavy atom. The Morgan fingerprint density at radius 3 is 2.28 bits per heavy atom. The average molecular weight is 484 g/mol. The number of anilines is 4. The number of benzene rings is 3. The van der Waals surface area contributed by atoms with Crippen molar-refractivity contribution in [1.82, 2.24) is 19.9 Å². The van der Waals surface area contributed by atoms with E-state index in [-0.39, 0.29) is 5.95 Å². The Hall–Kier alpha value is -4.37. The number of piperazine rings is 1. The quantitative estimate of drug-likeness (QED) is 0.379. The van der Waals surface area contributed by atoms with Crippen LogP contribution in [0.15, 0.2) is 78.9 Å². The lowest BCUT2D eigenvalue weighted by molar-refractivity contribution is 0.244. The van der Waals surface area contributed by atoms with Crippen LogP contribution in [0, 0.1) is 0 Å². The van der Waals surface area contributed by atoms with Gasteiger partial charge in [0.25, 0.3) is 0 Å². The Kier molecular flexibility index (Phi) is 7.09. The predicted molar refractivity (Wildman–Crippen MR) is 141 cm³/mol. The lowest BCUT2D eigenvalue weighted by Gasteiger charge is -2.35. The zero-order valence-electron chi connectivity index (χ0n) is 20.2. The number of rotatable bonds is 8. The Morgan fingerprint density at radius 2 is 1.53 bits per heavy atom. The molecule has 1 aliphatic rings. The fourth-order valence-corrected chi connectivity index (χ4v) is 4.10. The molecule has 184 valence electrons. The van der Waals surface area contributed by atoms with Gasteiger partial charge in [-0.3, -0.25) is 4.90 Å². The van der Waals surface area contributed by atoms with Gasteiger partial charge in [-0.25, -0.2) is 0 Å². The van der Waals surface area contributed by atoms with Crippen LogP contribution in [0.4, 0.5) is 23.3 Å². The van der Waals surface area contributed by atoms with Gasteiger partial charge in [-0.2, -0.15) is 15.0 Å². The maximum absolute atomic E-state index is 5.99. The summed E-state index contributed by atoms with van der Waals surface area (Å²) in [5.41, 5.74) is 8.00. The van der Waals surface area contributed by atoms with E-state index in [9.17, 15) is 0 Å². The molecule has 0 unspecified atom stereocenters. The molecular formula is C27H29N7O2. The molecule has 0 saturated carbocycles. The topological polar surface area (TPSA) is 102 Å². The van der Waals surface area contributed by atoms with E-state index >= 15 is 0 Å². The van der Waals surface area contributed by atoms with E-state index in [1.165, 1.54) is 5.69 Å². The highest BCUT2D eigenvalue weighted by molar-refractivity contribution is 5.55. The lowest BCUT2D eigenvalue weighted by atomic mass is 10.2. The highest BCUT2D eigenvalue weighted by atomic mass is 16.5. The van der Waals surface area contributed by atoms with Gasteiger partial charge in [0.15, 0.2) is 0 Å². The van der Waals surface area contributed by atoms with Crippen molar-refractivity contribution in [2.75, 3.05) is 49.2 Å². The van der Waals surface area contributed by atoms with Crippen molar-refractivity contribution in [1.29, 1.82) is 0 Å². The first-order valence-corrected chi connectivity index (χ1v) is 11.9. The summed E-state index contributed by atoms with van der Waals surface area (Å²) in [5, 5.41) is 3.22. The molecule has 9 nitrogen and oxygen atoms in total. The second kappa shape index (κ2) is 10.9. The zero-order valence-corrected chi connectivity index (χ0v) is 20.2. The smallest absolute Gasteiger partial charge is 0.232 e. The van der Waals surface area contributed by atoms with Crippen molar-refractivity contribution in [2.24, 2.45) is 0 Å². The standard InChI is InChI=1S/C27H29N7O2/c1-35-24-9-5-6-21(18-24)34-16-14-33(15-17-34)19-25-30-26(28)32-27(31-25)29-20-10-12-23(13-11-20)36-22-7-3-2-4-8-22/h2-13,18H,14-17,19H2,1H3,(H3,28,29,30,31,32). The fraction of sp³-hybridized carbons (Fsp3) is 0.222. The second-order valence-electron chi connectivity index (χ2n) is 8.46. The maximum Gasteiger partial charge on any atom is 0.232 e. The molecule has 5 rings (SSSR count). The summed E-state index contributed by atoms with van der Waals surface area (Å²) >= 11 is 0. The Bertz CT molecular complexity index is 1280. The van der Waals surface area contributed by atoms with Crippen LogP contribution in [0.2, 0.25) is 0 Å². The van der Waals surface area contributed by atoms with E-state index in [4.69, 9.17) is 15.2 Å². The maximum atomic E-state index is 5.99. The SMILES string of the molecule is COc1cccc(N2CCN(Cc3nc(N)nc(Nc4ccc(Oc5ccccc5)cc4)n3)CC2)c1. The molecular weight excluding hydrogens is 454 g/mol. The molecule has 1 fully saturated rings. The molecule has 0 bridgehead atoms. The first kappa shape index (κ1) is 23.4. The summed E-state index contributed by atoms with van der Waals surface area (Å²) < 4.78 is 11.2. The van der Waals surface area contributed by atoms with Crippen molar-refractivity contribution >= 4 is 23.3 Å². The van der Waals surface area contributed by atoms with Crippen LogP contribution in [0.25, 0.3) is 0 Å². The van der Waals surface area contributed by atoms with Gasteiger partial charge < -0.3 is 25.4 Å². The van der Waals surface area contributed by atoms with Gasteiger partial charge in [0.05, 0.1) is 13.7 Å². The minimum atomic E-state index is 0.196. The molecule has 0 aliphatic carbocycles. The number of nitrogens with two attached hydrogens (primary N) is 1. The molecule has 4 aromatic rings. The van der Waals surface area contributed by atoms with Gasteiger partial charge >= 0.3 is 0 Å². The van der Waals surface area contributed by atoms with Crippen LogP contribution >= 0.6 is 0 Å². The van der Waals surface area contributed by atoms with E-state index in [1.54, 1.807) is 7.11 Å². The van der Waals surface area contributed by atoms with Crippen LogP contribution in [-0.2, 0) is 6.54 Å². The van der Waals surface area contributed by atoms with Crippen molar-refractivity contribution < 1.29 is 9.47 Å². The number of aromatic nitrogens is 3. The first-order valence-electron chi connectivity index (χ1n) is 11.9. The van der Waals surface area contributed by atoms with Crippen LogP contribution in [-0.4, -0.2) is 53.1 Å². The van der Waals surface area contributed by atoms with Gasteiger partial charge in [0.2, 0.25) is 11.9 Å². The highest BCUT2D eigenvalue weighted by Crippen LogP contribution is 2.25. The minimum absolute atomic E-state index is 0.196. The van der Waals surface area contributed by atoms with Gasteiger partial charge in [0.1, 0.15) is 23.1 Å². The molecule has 0 atom stereocenters. The molecule has 36 heavy (non-hydrogen) atoms. The van der Waals surface area contributed by atoms with Crippen molar-refractivity contribution in [3.8, 4) is 17.2 Å². The summed E-state index contributed by atoms with van der Waals surface area (Å²) in [5.74, 6) is 3.66.